The van der Waals surface area contributed by atoms with Crippen molar-refractivity contribution < 1.29 is 4.79 Å². The zero-order chi connectivity index (χ0) is 15.1. The summed E-state index contributed by atoms with van der Waals surface area (Å²) in [6.07, 6.45) is 0.670. The molecule has 112 valence electrons. The smallest absolute Gasteiger partial charge is 0.233 e. The molecule has 1 amide bonds. The third-order valence-electron chi connectivity index (χ3n) is 3.80. The molecule has 0 spiro atoms. The van der Waals surface area contributed by atoms with Crippen molar-refractivity contribution >= 4 is 18.5 Å². The Kier molecular flexibility index (Phi) is 7.14. The molecule has 0 aliphatic carbocycles. The van der Waals surface area contributed by atoms with E-state index >= 15 is 0 Å². The molecule has 1 rings (SSSR count). The number of benzene rings is 1. The Hall–Kier alpha value is -0.960. The molecule has 0 aliphatic heterocycles. The van der Waals surface area contributed by atoms with Crippen LogP contribution in [0.2, 0.25) is 0 Å². The van der Waals surface area contributed by atoms with Crippen LogP contribution in [0, 0.1) is 17.8 Å². The van der Waals surface area contributed by atoms with Crippen LogP contribution in [0.25, 0.3) is 0 Å². The predicted molar refractivity (Wildman–Crippen MR) is 89.1 cm³/mol. The van der Waals surface area contributed by atoms with Gasteiger partial charge in [-0.3, -0.25) is 4.79 Å². The van der Waals surface area contributed by atoms with Gasteiger partial charge < -0.3 is 5.32 Å². The molecule has 2 nitrogen and oxygen atoms in total. The molecule has 0 fully saturated rings. The van der Waals surface area contributed by atoms with E-state index in [0.717, 1.165) is 12.1 Å². The molecule has 1 aromatic rings. The molecule has 20 heavy (non-hydrogen) atoms. The summed E-state index contributed by atoms with van der Waals surface area (Å²) in [6.45, 7) is 9.57. The standard InChI is InChI=1S/C17H27NOS/c1-12(2)15(13(3)4)11-18-17(19)16(20)10-14-8-6-5-7-9-14/h5-9,12-13,15-16,20H,10-11H2,1-4H3,(H,18,19). The summed E-state index contributed by atoms with van der Waals surface area (Å²) in [5.41, 5.74) is 1.15. The number of nitrogens with one attached hydrogen (secondary N) is 1. The van der Waals surface area contributed by atoms with Gasteiger partial charge in [-0.1, -0.05) is 58.0 Å². The highest BCUT2D eigenvalue weighted by Crippen LogP contribution is 2.19. The van der Waals surface area contributed by atoms with Crippen LogP contribution in [0.15, 0.2) is 30.3 Å². The number of hydrogen-bond donors (Lipinski definition) is 2. The van der Waals surface area contributed by atoms with Gasteiger partial charge in [-0.05, 0) is 29.7 Å². The van der Waals surface area contributed by atoms with Crippen LogP contribution < -0.4 is 5.32 Å². The fourth-order valence-corrected chi connectivity index (χ4v) is 2.81. The Bertz CT molecular complexity index is 395. The SMILES string of the molecule is CC(C)C(CNC(=O)C(S)Cc1ccccc1)C(C)C. The number of carbonyl (C=O) groups is 1. The van der Waals surface area contributed by atoms with Gasteiger partial charge in [0.25, 0.3) is 0 Å². The summed E-state index contributed by atoms with van der Waals surface area (Å²) in [5, 5.41) is 2.77. The van der Waals surface area contributed by atoms with E-state index in [-0.39, 0.29) is 11.2 Å². The number of rotatable bonds is 7. The molecular weight excluding hydrogens is 266 g/mol. The second kappa shape index (κ2) is 8.35. The van der Waals surface area contributed by atoms with Crippen molar-refractivity contribution in [3.8, 4) is 0 Å². The van der Waals surface area contributed by atoms with Gasteiger partial charge in [0.15, 0.2) is 0 Å². The third-order valence-corrected chi connectivity index (χ3v) is 4.22. The first-order valence-electron chi connectivity index (χ1n) is 7.41. The highest BCUT2D eigenvalue weighted by Gasteiger charge is 2.20. The minimum Gasteiger partial charge on any atom is -0.355 e. The first-order chi connectivity index (χ1) is 9.41. The Morgan fingerprint density at radius 2 is 1.65 bits per heavy atom. The number of hydrogen-bond acceptors (Lipinski definition) is 2. The fraction of sp³-hybridized carbons (Fsp3) is 0.588. The van der Waals surface area contributed by atoms with Crippen molar-refractivity contribution in [1.82, 2.24) is 5.32 Å². The topological polar surface area (TPSA) is 29.1 Å². The highest BCUT2D eigenvalue weighted by atomic mass is 32.1. The zero-order valence-electron chi connectivity index (χ0n) is 13.0. The predicted octanol–water partition coefficient (Wildman–Crippen LogP) is 3.57. The van der Waals surface area contributed by atoms with Crippen LogP contribution in [0.1, 0.15) is 33.3 Å². The Labute approximate surface area is 128 Å². The number of carbonyl (C=O) groups excluding carboxylic acids is 1. The van der Waals surface area contributed by atoms with Crippen LogP contribution in [0.3, 0.4) is 0 Å². The van der Waals surface area contributed by atoms with Gasteiger partial charge in [0, 0.05) is 6.54 Å². The van der Waals surface area contributed by atoms with E-state index < -0.39 is 0 Å². The molecular formula is C17H27NOS. The summed E-state index contributed by atoms with van der Waals surface area (Å²) < 4.78 is 0. The van der Waals surface area contributed by atoms with Gasteiger partial charge in [0.2, 0.25) is 5.91 Å². The van der Waals surface area contributed by atoms with Crippen LogP contribution in [-0.4, -0.2) is 17.7 Å². The average molecular weight is 293 g/mol. The molecule has 3 heteroatoms. The summed E-state index contributed by atoms with van der Waals surface area (Å²) in [5.74, 6) is 1.69. The van der Waals surface area contributed by atoms with E-state index in [1.807, 2.05) is 30.3 Å². The van der Waals surface area contributed by atoms with E-state index in [0.29, 0.717) is 24.2 Å². The molecule has 1 unspecified atom stereocenters. The Morgan fingerprint density at radius 3 is 2.15 bits per heavy atom. The molecule has 0 saturated heterocycles. The normalized spacial score (nSPS) is 13.0. The van der Waals surface area contributed by atoms with Crippen molar-refractivity contribution in [1.29, 1.82) is 0 Å². The second-order valence-electron chi connectivity index (χ2n) is 6.10. The zero-order valence-corrected chi connectivity index (χ0v) is 13.9. The maximum Gasteiger partial charge on any atom is 0.233 e. The third kappa shape index (κ3) is 5.58. The average Bonchev–Trinajstić information content (AvgIpc) is 2.38. The lowest BCUT2D eigenvalue weighted by molar-refractivity contribution is -0.120. The molecule has 1 atom stereocenters. The van der Waals surface area contributed by atoms with Crippen LogP contribution in [-0.2, 0) is 11.2 Å². The lowest BCUT2D eigenvalue weighted by atomic mass is 9.85. The van der Waals surface area contributed by atoms with Gasteiger partial charge in [-0.2, -0.15) is 12.6 Å². The number of amides is 1. The van der Waals surface area contributed by atoms with Crippen molar-refractivity contribution in [2.75, 3.05) is 6.54 Å². The van der Waals surface area contributed by atoms with Crippen molar-refractivity contribution in [2.45, 2.75) is 39.4 Å². The van der Waals surface area contributed by atoms with E-state index in [1.165, 1.54) is 0 Å². The lowest BCUT2D eigenvalue weighted by Gasteiger charge is -2.25. The van der Waals surface area contributed by atoms with Gasteiger partial charge in [0.1, 0.15) is 0 Å². The van der Waals surface area contributed by atoms with Crippen LogP contribution in [0.5, 0.6) is 0 Å². The molecule has 0 heterocycles. The molecule has 1 N–H and O–H groups in total. The van der Waals surface area contributed by atoms with Gasteiger partial charge >= 0.3 is 0 Å². The van der Waals surface area contributed by atoms with E-state index in [2.05, 4.69) is 45.6 Å². The second-order valence-corrected chi connectivity index (χ2v) is 6.73. The summed E-state index contributed by atoms with van der Waals surface area (Å²) in [4.78, 5) is 12.1. The lowest BCUT2D eigenvalue weighted by Crippen LogP contribution is -2.38. The maximum absolute atomic E-state index is 12.1. The van der Waals surface area contributed by atoms with Crippen LogP contribution >= 0.6 is 12.6 Å². The van der Waals surface area contributed by atoms with Gasteiger partial charge in [-0.15, -0.1) is 0 Å². The molecule has 0 aromatic heterocycles. The van der Waals surface area contributed by atoms with E-state index in [9.17, 15) is 4.79 Å². The highest BCUT2D eigenvalue weighted by molar-refractivity contribution is 7.81. The van der Waals surface area contributed by atoms with Crippen molar-refractivity contribution in [2.24, 2.45) is 17.8 Å². The van der Waals surface area contributed by atoms with Crippen molar-refractivity contribution in [3.63, 3.8) is 0 Å². The summed E-state index contributed by atoms with van der Waals surface area (Å²) >= 11 is 4.43. The summed E-state index contributed by atoms with van der Waals surface area (Å²) in [6, 6.07) is 10.0. The number of thiol groups is 1. The quantitative estimate of drug-likeness (QED) is 0.739. The van der Waals surface area contributed by atoms with Crippen molar-refractivity contribution in [3.05, 3.63) is 35.9 Å². The molecule has 1 aromatic carbocycles. The molecule has 0 aliphatic rings. The van der Waals surface area contributed by atoms with E-state index in [4.69, 9.17) is 0 Å². The Balaban J connectivity index is 2.46. The molecule has 0 saturated carbocycles. The fourth-order valence-electron chi connectivity index (χ4n) is 2.51. The van der Waals surface area contributed by atoms with E-state index in [1.54, 1.807) is 0 Å². The maximum atomic E-state index is 12.1. The molecule has 0 radical (unpaired) electrons. The van der Waals surface area contributed by atoms with Gasteiger partial charge in [-0.25, -0.2) is 0 Å². The van der Waals surface area contributed by atoms with Gasteiger partial charge in [0.05, 0.1) is 5.25 Å². The Morgan fingerprint density at radius 1 is 1.10 bits per heavy atom. The summed E-state index contributed by atoms with van der Waals surface area (Å²) in [7, 11) is 0. The first-order valence-corrected chi connectivity index (χ1v) is 7.93. The first kappa shape index (κ1) is 17.1. The monoisotopic (exact) mass is 293 g/mol. The van der Waals surface area contributed by atoms with Crippen LogP contribution in [0.4, 0.5) is 0 Å². The minimum absolute atomic E-state index is 0.0310. The minimum atomic E-state index is -0.280. The largest absolute Gasteiger partial charge is 0.355 e. The molecule has 0 bridgehead atoms.